The zero-order valence-corrected chi connectivity index (χ0v) is 13.9. The molecule has 6 atom stereocenters. The van der Waals surface area contributed by atoms with Crippen LogP contribution in [0.4, 0.5) is 0 Å². The van der Waals surface area contributed by atoms with E-state index in [0.29, 0.717) is 0 Å². The van der Waals surface area contributed by atoms with Gasteiger partial charge in [-0.1, -0.05) is 25.5 Å². The van der Waals surface area contributed by atoms with Crippen molar-refractivity contribution in [3.05, 3.63) is 11.6 Å². The fraction of sp³-hybridized carbons (Fsp3) is 0.900. The van der Waals surface area contributed by atoms with Gasteiger partial charge in [0.2, 0.25) is 0 Å². The lowest BCUT2D eigenvalue weighted by Crippen LogP contribution is -2.52. The van der Waals surface area contributed by atoms with E-state index in [1.54, 1.807) is 0 Å². The Morgan fingerprint density at radius 3 is 2.81 bits per heavy atom. The van der Waals surface area contributed by atoms with Gasteiger partial charge < -0.3 is 5.11 Å². The molecule has 0 aromatic heterocycles. The summed E-state index contributed by atoms with van der Waals surface area (Å²) in [4.78, 5) is 0. The van der Waals surface area contributed by atoms with Gasteiger partial charge in [0, 0.05) is 0 Å². The molecule has 0 amide bonds. The Balaban J connectivity index is 1.64. The number of rotatable bonds is 1. The predicted molar refractivity (Wildman–Crippen MR) is 86.9 cm³/mol. The van der Waals surface area contributed by atoms with Gasteiger partial charge >= 0.3 is 0 Å². The molecule has 0 spiro atoms. The van der Waals surface area contributed by atoms with E-state index in [4.69, 9.17) is 0 Å². The third-order valence-electron chi connectivity index (χ3n) is 8.28. The summed E-state index contributed by atoms with van der Waals surface area (Å²) in [5.41, 5.74) is 1.65. The van der Waals surface area contributed by atoms with Crippen LogP contribution in [0.15, 0.2) is 11.6 Å². The van der Waals surface area contributed by atoms with Crippen molar-refractivity contribution in [2.75, 3.05) is 0 Å². The van der Waals surface area contributed by atoms with Gasteiger partial charge in [0.1, 0.15) is 0 Å². The highest BCUT2D eigenvalue weighted by molar-refractivity contribution is 5.19. The minimum absolute atomic E-state index is 0.207. The number of hydrogen-bond donors (Lipinski definition) is 1. The first kappa shape index (κ1) is 14.3. The summed E-state index contributed by atoms with van der Waals surface area (Å²) in [6.07, 6.45) is 15.5. The van der Waals surface area contributed by atoms with Gasteiger partial charge in [-0.15, -0.1) is 0 Å². The topological polar surface area (TPSA) is 20.2 Å². The fourth-order valence-electron chi connectivity index (χ4n) is 6.99. The Bertz CT molecular complexity index is 453. The summed E-state index contributed by atoms with van der Waals surface area (Å²) in [7, 11) is 0. The number of aliphatic hydroxyl groups is 1. The Morgan fingerprint density at radius 2 is 2.00 bits per heavy atom. The molecule has 3 fully saturated rings. The van der Waals surface area contributed by atoms with E-state index in [1.165, 1.54) is 51.4 Å². The number of fused-ring (bicyclic) bond motifs is 5. The average Bonchev–Trinajstić information content (AvgIpc) is 2.79. The maximum Gasteiger partial charge on any atom is 0.0701 e. The third kappa shape index (κ3) is 1.85. The molecule has 3 saturated carbocycles. The molecular weight excluding hydrogens is 256 g/mol. The van der Waals surface area contributed by atoms with Crippen molar-refractivity contribution in [1.82, 2.24) is 0 Å². The van der Waals surface area contributed by atoms with Crippen molar-refractivity contribution < 1.29 is 5.11 Å². The molecule has 4 rings (SSSR count). The van der Waals surface area contributed by atoms with Crippen LogP contribution in [0.2, 0.25) is 0 Å². The zero-order chi connectivity index (χ0) is 14.7. The molecule has 0 aliphatic heterocycles. The average molecular weight is 288 g/mol. The van der Waals surface area contributed by atoms with Crippen LogP contribution in [-0.2, 0) is 0 Å². The smallest absolute Gasteiger partial charge is 0.0701 e. The fourth-order valence-corrected chi connectivity index (χ4v) is 6.99. The second kappa shape index (κ2) is 4.85. The second-order valence-corrected chi connectivity index (χ2v) is 8.67. The highest BCUT2D eigenvalue weighted by Crippen LogP contribution is 2.65. The molecule has 1 heteroatoms. The van der Waals surface area contributed by atoms with E-state index in [9.17, 15) is 5.11 Å². The van der Waals surface area contributed by atoms with E-state index >= 15 is 0 Å². The minimum atomic E-state index is -0.370. The summed E-state index contributed by atoms with van der Waals surface area (Å²) in [6, 6.07) is 0. The van der Waals surface area contributed by atoms with Crippen molar-refractivity contribution in [2.24, 2.45) is 29.1 Å². The molecule has 118 valence electrons. The first-order valence-corrected chi connectivity index (χ1v) is 9.50. The Morgan fingerprint density at radius 1 is 1.14 bits per heavy atom. The molecule has 4 aliphatic carbocycles. The van der Waals surface area contributed by atoms with Crippen LogP contribution in [0.25, 0.3) is 0 Å². The van der Waals surface area contributed by atoms with E-state index < -0.39 is 0 Å². The highest BCUT2D eigenvalue weighted by atomic mass is 16.3. The van der Waals surface area contributed by atoms with Crippen molar-refractivity contribution in [3.8, 4) is 0 Å². The van der Waals surface area contributed by atoms with Crippen LogP contribution >= 0.6 is 0 Å². The largest absolute Gasteiger partial charge is 0.389 e. The summed E-state index contributed by atoms with van der Waals surface area (Å²) in [5, 5.41) is 11.2. The maximum absolute atomic E-state index is 11.2. The Labute approximate surface area is 130 Å². The summed E-state index contributed by atoms with van der Waals surface area (Å²) in [6.45, 7) is 4.62. The first-order valence-electron chi connectivity index (χ1n) is 9.50. The predicted octanol–water partition coefficient (Wildman–Crippen LogP) is 5.09. The van der Waals surface area contributed by atoms with Crippen LogP contribution in [0.3, 0.4) is 0 Å². The monoisotopic (exact) mass is 288 g/mol. The first-order chi connectivity index (χ1) is 10.1. The molecule has 0 saturated heterocycles. The standard InChI is InChI=1S/C20H32O/c1-3-20(21)13-11-18-17-9-8-14-6-4-5-7-15(14)16(17)10-12-19(18,20)2/h6,15-18,21H,3-5,7-13H2,1-2H3/t15-,16-,17+,18+,19-,20-/m0/s1. The van der Waals surface area contributed by atoms with Gasteiger partial charge in [0.25, 0.3) is 0 Å². The van der Waals surface area contributed by atoms with Crippen LogP contribution in [-0.4, -0.2) is 10.7 Å². The van der Waals surface area contributed by atoms with Crippen molar-refractivity contribution in [3.63, 3.8) is 0 Å². The SMILES string of the molecule is CC[C@]1(O)CC[C@@H]2[C@@H]3CCC4=CCCC[C@@H]4[C@@H]3CC[C@@]21C. The quantitative estimate of drug-likeness (QED) is 0.666. The number of hydrogen-bond acceptors (Lipinski definition) is 1. The van der Waals surface area contributed by atoms with E-state index in [-0.39, 0.29) is 11.0 Å². The van der Waals surface area contributed by atoms with Crippen LogP contribution < -0.4 is 0 Å². The van der Waals surface area contributed by atoms with Gasteiger partial charge in [-0.2, -0.15) is 0 Å². The van der Waals surface area contributed by atoms with E-state index in [0.717, 1.165) is 36.5 Å². The molecule has 0 unspecified atom stereocenters. The third-order valence-corrected chi connectivity index (χ3v) is 8.28. The van der Waals surface area contributed by atoms with Gasteiger partial charge in [-0.25, -0.2) is 0 Å². The second-order valence-electron chi connectivity index (χ2n) is 8.67. The molecule has 1 N–H and O–H groups in total. The van der Waals surface area contributed by atoms with Crippen molar-refractivity contribution in [2.45, 2.75) is 83.7 Å². The lowest BCUT2D eigenvalue weighted by molar-refractivity contribution is -0.119. The van der Waals surface area contributed by atoms with Crippen molar-refractivity contribution in [1.29, 1.82) is 0 Å². The zero-order valence-electron chi connectivity index (χ0n) is 13.9. The molecule has 0 aromatic carbocycles. The van der Waals surface area contributed by atoms with Gasteiger partial charge in [0.05, 0.1) is 5.60 Å². The Kier molecular flexibility index (Phi) is 3.30. The van der Waals surface area contributed by atoms with Crippen LogP contribution in [0.1, 0.15) is 78.1 Å². The number of allylic oxidation sites excluding steroid dienone is 2. The molecule has 0 bridgehead atoms. The lowest BCUT2D eigenvalue weighted by atomic mass is 9.50. The van der Waals surface area contributed by atoms with Gasteiger partial charge in [-0.05, 0) is 93.3 Å². The van der Waals surface area contributed by atoms with Gasteiger partial charge in [0.15, 0.2) is 0 Å². The molecular formula is C20H32O. The summed E-state index contributed by atoms with van der Waals surface area (Å²) >= 11 is 0. The molecule has 0 radical (unpaired) electrons. The lowest BCUT2D eigenvalue weighted by Gasteiger charge is -2.55. The van der Waals surface area contributed by atoms with Crippen LogP contribution in [0.5, 0.6) is 0 Å². The minimum Gasteiger partial charge on any atom is -0.389 e. The molecule has 21 heavy (non-hydrogen) atoms. The Hall–Kier alpha value is -0.300. The molecule has 1 nitrogen and oxygen atoms in total. The van der Waals surface area contributed by atoms with E-state index in [1.807, 2.05) is 5.57 Å². The maximum atomic E-state index is 11.2. The molecule has 0 aromatic rings. The summed E-state index contributed by atoms with van der Waals surface area (Å²) < 4.78 is 0. The van der Waals surface area contributed by atoms with Gasteiger partial charge in [-0.3, -0.25) is 0 Å². The van der Waals surface area contributed by atoms with E-state index in [2.05, 4.69) is 19.9 Å². The summed E-state index contributed by atoms with van der Waals surface area (Å²) in [5.74, 6) is 3.56. The van der Waals surface area contributed by atoms with Crippen molar-refractivity contribution >= 4 is 0 Å². The van der Waals surface area contributed by atoms with Crippen LogP contribution in [0, 0.1) is 29.1 Å². The normalized spacial score (nSPS) is 52.6. The molecule has 0 heterocycles. The highest BCUT2D eigenvalue weighted by Gasteiger charge is 2.61. The molecule has 4 aliphatic rings.